The molecule has 1 N–H and O–H groups in total. The Kier molecular flexibility index (Phi) is 4.39. The van der Waals surface area contributed by atoms with Crippen LogP contribution in [-0.2, 0) is 4.74 Å². The van der Waals surface area contributed by atoms with Gasteiger partial charge in [0.1, 0.15) is 17.5 Å². The van der Waals surface area contributed by atoms with Crippen LogP contribution in [0.4, 0.5) is 4.79 Å². The number of rotatable bonds is 2. The molecule has 3 rings (SSSR count). The quantitative estimate of drug-likeness (QED) is 0.912. The third-order valence-electron chi connectivity index (χ3n) is 4.17. The summed E-state index contributed by atoms with van der Waals surface area (Å²) in [6.45, 7) is 8.94. The number of aromatic nitrogens is 2. The highest BCUT2D eigenvalue weighted by atomic mass is 16.6. The molecule has 1 atom stereocenters. The van der Waals surface area contributed by atoms with E-state index in [2.05, 4.69) is 10.2 Å². The van der Waals surface area contributed by atoms with Crippen molar-refractivity contribution in [1.29, 1.82) is 0 Å². The molecule has 0 saturated carbocycles. The van der Waals surface area contributed by atoms with Crippen molar-refractivity contribution in [2.75, 3.05) is 13.1 Å². The molecule has 1 fully saturated rings. The second-order valence-corrected chi connectivity index (χ2v) is 7.33. The molecule has 1 amide bonds. The number of amides is 1. The maximum atomic E-state index is 12.3. The fourth-order valence-corrected chi connectivity index (χ4v) is 2.97. The summed E-state index contributed by atoms with van der Waals surface area (Å²) in [5.74, 6) is 0.847. The minimum atomic E-state index is -0.478. The molecule has 1 unspecified atom stereocenters. The van der Waals surface area contributed by atoms with E-state index in [1.807, 2.05) is 46.0 Å². The molecule has 130 valence electrons. The Bertz CT molecular complexity index is 733. The van der Waals surface area contributed by atoms with Gasteiger partial charge in [0.25, 0.3) is 0 Å². The molecule has 1 aromatic heterocycles. The van der Waals surface area contributed by atoms with Gasteiger partial charge in [-0.2, -0.15) is 5.10 Å². The fraction of sp³-hybridized carbons (Fsp3) is 0.556. The Morgan fingerprint density at radius 3 is 2.92 bits per heavy atom. The number of nitrogens with zero attached hydrogens (tertiary/aromatic N) is 2. The van der Waals surface area contributed by atoms with Crippen LogP contribution in [0, 0.1) is 6.92 Å². The number of fused-ring (bicyclic) bond motifs is 1. The number of nitrogens with one attached hydrogen (secondary N) is 1. The van der Waals surface area contributed by atoms with Gasteiger partial charge in [0.05, 0.1) is 18.3 Å². The highest BCUT2D eigenvalue weighted by molar-refractivity contribution is 5.83. The first-order valence-corrected chi connectivity index (χ1v) is 8.41. The zero-order chi connectivity index (χ0) is 17.3. The molecule has 1 aliphatic heterocycles. The summed E-state index contributed by atoms with van der Waals surface area (Å²) < 4.78 is 11.6. The number of hydrogen-bond donors (Lipinski definition) is 1. The fourth-order valence-electron chi connectivity index (χ4n) is 2.97. The normalized spacial score (nSPS) is 18.7. The van der Waals surface area contributed by atoms with Gasteiger partial charge >= 0.3 is 6.09 Å². The lowest BCUT2D eigenvalue weighted by Crippen LogP contribution is -2.46. The van der Waals surface area contributed by atoms with Crippen LogP contribution < -0.4 is 4.74 Å². The van der Waals surface area contributed by atoms with E-state index in [1.54, 1.807) is 4.90 Å². The first-order chi connectivity index (χ1) is 11.3. The van der Waals surface area contributed by atoms with Gasteiger partial charge in [-0.3, -0.25) is 5.10 Å². The van der Waals surface area contributed by atoms with Crippen molar-refractivity contribution in [3.05, 3.63) is 23.9 Å². The Balaban J connectivity index is 1.68. The van der Waals surface area contributed by atoms with Gasteiger partial charge in [0.15, 0.2) is 0 Å². The lowest BCUT2D eigenvalue weighted by atomic mass is 10.1. The van der Waals surface area contributed by atoms with Crippen molar-refractivity contribution in [1.82, 2.24) is 15.1 Å². The van der Waals surface area contributed by atoms with Crippen molar-refractivity contribution in [2.45, 2.75) is 52.2 Å². The summed E-state index contributed by atoms with van der Waals surface area (Å²) in [6.07, 6.45) is 3.37. The highest BCUT2D eigenvalue weighted by Crippen LogP contribution is 2.28. The minimum Gasteiger partial charge on any atom is -0.488 e. The monoisotopic (exact) mass is 331 g/mol. The number of H-pyrrole nitrogens is 1. The number of likely N-dealkylation sites (tertiary alicyclic amines) is 1. The number of carbonyl (C=O) groups excluding carboxylic acids is 1. The van der Waals surface area contributed by atoms with E-state index in [4.69, 9.17) is 9.47 Å². The standard InChI is InChI=1S/C18H25N3O3/c1-12-14-10-19-20-15(14)7-8-16(12)23-13-6-5-9-21(11-13)17(22)24-18(2,3)4/h7-8,10,13H,5-6,9,11H2,1-4H3,(H,19,20). The van der Waals surface area contributed by atoms with Gasteiger partial charge in [-0.1, -0.05) is 0 Å². The molecular formula is C18H25N3O3. The topological polar surface area (TPSA) is 67.4 Å². The third-order valence-corrected chi connectivity index (χ3v) is 4.17. The average Bonchev–Trinajstić information content (AvgIpc) is 2.98. The molecule has 6 heteroatoms. The van der Waals surface area contributed by atoms with E-state index in [0.29, 0.717) is 13.1 Å². The molecule has 0 radical (unpaired) electrons. The second-order valence-electron chi connectivity index (χ2n) is 7.33. The zero-order valence-electron chi connectivity index (χ0n) is 14.8. The van der Waals surface area contributed by atoms with Crippen molar-refractivity contribution in [2.24, 2.45) is 0 Å². The Hall–Kier alpha value is -2.24. The minimum absolute atomic E-state index is 0.0191. The molecule has 2 heterocycles. The van der Waals surface area contributed by atoms with E-state index in [1.165, 1.54) is 0 Å². The lowest BCUT2D eigenvalue weighted by molar-refractivity contribution is 0.00771. The summed E-state index contributed by atoms with van der Waals surface area (Å²) in [6, 6.07) is 3.93. The molecule has 0 spiro atoms. The number of ether oxygens (including phenoxy) is 2. The van der Waals surface area contributed by atoms with Gasteiger partial charge in [-0.05, 0) is 52.7 Å². The highest BCUT2D eigenvalue weighted by Gasteiger charge is 2.28. The van der Waals surface area contributed by atoms with Crippen LogP contribution in [0.3, 0.4) is 0 Å². The number of benzene rings is 1. The van der Waals surface area contributed by atoms with Crippen molar-refractivity contribution in [3.63, 3.8) is 0 Å². The molecule has 1 aromatic carbocycles. The number of aryl methyl sites for hydroxylation is 1. The van der Waals surface area contributed by atoms with Crippen LogP contribution in [0.2, 0.25) is 0 Å². The van der Waals surface area contributed by atoms with Crippen LogP contribution in [0.5, 0.6) is 5.75 Å². The summed E-state index contributed by atoms with van der Waals surface area (Å²) in [5.41, 5.74) is 1.59. The Morgan fingerprint density at radius 1 is 1.38 bits per heavy atom. The molecule has 1 saturated heterocycles. The molecular weight excluding hydrogens is 306 g/mol. The van der Waals surface area contributed by atoms with Crippen molar-refractivity contribution >= 4 is 17.0 Å². The molecule has 1 aliphatic rings. The SMILES string of the molecule is Cc1c(OC2CCCN(C(=O)OC(C)(C)C)C2)ccc2[nH]ncc12. The molecule has 0 aliphatic carbocycles. The molecule has 2 aromatic rings. The second kappa shape index (κ2) is 6.34. The summed E-state index contributed by atoms with van der Waals surface area (Å²) in [5, 5.41) is 8.09. The Labute approximate surface area is 142 Å². The van der Waals surface area contributed by atoms with Gasteiger partial charge in [-0.25, -0.2) is 4.79 Å². The lowest BCUT2D eigenvalue weighted by Gasteiger charge is -2.34. The Morgan fingerprint density at radius 2 is 2.17 bits per heavy atom. The summed E-state index contributed by atoms with van der Waals surface area (Å²) in [7, 11) is 0. The van der Waals surface area contributed by atoms with Gasteiger partial charge in [-0.15, -0.1) is 0 Å². The van der Waals surface area contributed by atoms with Gasteiger partial charge in [0, 0.05) is 17.5 Å². The van der Waals surface area contributed by atoms with Crippen LogP contribution >= 0.6 is 0 Å². The number of piperidine rings is 1. The van der Waals surface area contributed by atoms with Crippen LogP contribution in [0.15, 0.2) is 18.3 Å². The third kappa shape index (κ3) is 3.63. The van der Waals surface area contributed by atoms with E-state index in [9.17, 15) is 4.79 Å². The van der Waals surface area contributed by atoms with Crippen molar-refractivity contribution < 1.29 is 14.3 Å². The molecule has 24 heavy (non-hydrogen) atoms. The largest absolute Gasteiger partial charge is 0.488 e. The van der Waals surface area contributed by atoms with Gasteiger partial charge < -0.3 is 14.4 Å². The number of aromatic amines is 1. The van der Waals surface area contributed by atoms with Crippen molar-refractivity contribution in [3.8, 4) is 5.75 Å². The smallest absolute Gasteiger partial charge is 0.410 e. The maximum absolute atomic E-state index is 12.3. The van der Waals surface area contributed by atoms with Gasteiger partial charge in [0.2, 0.25) is 0 Å². The summed E-state index contributed by atoms with van der Waals surface area (Å²) in [4.78, 5) is 14.0. The number of carbonyl (C=O) groups is 1. The first-order valence-electron chi connectivity index (χ1n) is 8.41. The molecule has 6 nitrogen and oxygen atoms in total. The van der Waals surface area contributed by atoms with E-state index in [-0.39, 0.29) is 12.2 Å². The van der Waals surface area contributed by atoms with E-state index in [0.717, 1.165) is 35.1 Å². The number of hydrogen-bond acceptors (Lipinski definition) is 4. The van der Waals surface area contributed by atoms with E-state index < -0.39 is 5.60 Å². The predicted octanol–water partition coefficient (Wildman–Crippen LogP) is 3.65. The van der Waals surface area contributed by atoms with Crippen LogP contribution in [-0.4, -0.2) is 46.0 Å². The average molecular weight is 331 g/mol. The molecule has 0 bridgehead atoms. The first kappa shape index (κ1) is 16.6. The zero-order valence-corrected chi connectivity index (χ0v) is 14.8. The van der Waals surface area contributed by atoms with Crippen LogP contribution in [0.25, 0.3) is 10.9 Å². The maximum Gasteiger partial charge on any atom is 0.410 e. The van der Waals surface area contributed by atoms with Crippen LogP contribution in [0.1, 0.15) is 39.2 Å². The summed E-state index contributed by atoms with van der Waals surface area (Å²) >= 11 is 0. The van der Waals surface area contributed by atoms with E-state index >= 15 is 0 Å². The predicted molar refractivity (Wildman–Crippen MR) is 92.3 cm³/mol.